The lowest BCUT2D eigenvalue weighted by Gasteiger charge is -2.29. The van der Waals surface area contributed by atoms with E-state index in [1.165, 1.54) is 6.08 Å². The highest BCUT2D eigenvalue weighted by atomic mass is 16.6. The van der Waals surface area contributed by atoms with Crippen LogP contribution in [0.5, 0.6) is 0 Å². The van der Waals surface area contributed by atoms with Crippen LogP contribution in [0.1, 0.15) is 40.5 Å². The zero-order valence-corrected chi connectivity index (χ0v) is 12.1. The lowest BCUT2D eigenvalue weighted by atomic mass is 9.96. The lowest BCUT2D eigenvalue weighted by molar-refractivity contribution is -0.160. The number of nitrogens with one attached hydrogen (secondary N) is 1. The van der Waals surface area contributed by atoms with Crippen LogP contribution in [0.3, 0.4) is 0 Å². The monoisotopic (exact) mass is 269 g/mol. The van der Waals surface area contributed by atoms with Gasteiger partial charge in [-0.3, -0.25) is 5.32 Å². The minimum atomic E-state index is -0.903. The third-order valence-corrected chi connectivity index (χ3v) is 2.74. The second-order valence-electron chi connectivity index (χ2n) is 5.59. The summed E-state index contributed by atoms with van der Waals surface area (Å²) in [7, 11) is 0. The third-order valence-electron chi connectivity index (χ3n) is 2.74. The molecule has 0 amide bonds. The largest absolute Gasteiger partial charge is 0.463 e. The summed E-state index contributed by atoms with van der Waals surface area (Å²) in [4.78, 5) is 23.6. The first kappa shape index (κ1) is 15.7. The first-order valence-electron chi connectivity index (χ1n) is 6.63. The van der Waals surface area contributed by atoms with Gasteiger partial charge in [0.2, 0.25) is 0 Å². The van der Waals surface area contributed by atoms with Crippen LogP contribution in [-0.4, -0.2) is 36.2 Å². The van der Waals surface area contributed by atoms with Gasteiger partial charge in [-0.05, 0) is 53.2 Å². The molecule has 0 aromatic carbocycles. The molecule has 1 aliphatic rings. The van der Waals surface area contributed by atoms with Crippen LogP contribution in [0.4, 0.5) is 0 Å². The Hall–Kier alpha value is -1.36. The van der Waals surface area contributed by atoms with Crippen molar-refractivity contribution in [1.82, 2.24) is 5.32 Å². The Bertz CT molecular complexity index is 362. The smallest absolute Gasteiger partial charge is 0.330 e. The summed E-state index contributed by atoms with van der Waals surface area (Å²) in [6, 6.07) is 0. The SMILES string of the molecule is CCOC(=O)C=C[C@]1(C(=O)OC(C)(C)C)CCCN1. The summed E-state index contributed by atoms with van der Waals surface area (Å²) in [5.74, 6) is -0.794. The molecule has 5 nitrogen and oxygen atoms in total. The maximum atomic E-state index is 12.3. The molecule has 108 valence electrons. The number of esters is 2. The molecule has 1 heterocycles. The first-order chi connectivity index (χ1) is 8.79. The summed E-state index contributed by atoms with van der Waals surface area (Å²) in [6.45, 7) is 8.25. The van der Waals surface area contributed by atoms with Crippen LogP contribution in [0.2, 0.25) is 0 Å². The molecule has 0 aromatic rings. The Labute approximate surface area is 114 Å². The van der Waals surface area contributed by atoms with E-state index in [0.717, 1.165) is 13.0 Å². The van der Waals surface area contributed by atoms with Crippen LogP contribution in [0, 0.1) is 0 Å². The van der Waals surface area contributed by atoms with Crippen LogP contribution < -0.4 is 5.32 Å². The fourth-order valence-electron chi connectivity index (χ4n) is 1.92. The second kappa shape index (κ2) is 6.19. The highest BCUT2D eigenvalue weighted by molar-refractivity contribution is 5.88. The second-order valence-corrected chi connectivity index (χ2v) is 5.59. The van der Waals surface area contributed by atoms with E-state index in [-0.39, 0.29) is 5.97 Å². The van der Waals surface area contributed by atoms with E-state index in [9.17, 15) is 9.59 Å². The van der Waals surface area contributed by atoms with Gasteiger partial charge in [-0.1, -0.05) is 0 Å². The van der Waals surface area contributed by atoms with Crippen LogP contribution in [-0.2, 0) is 19.1 Å². The molecule has 1 rings (SSSR count). The molecule has 1 fully saturated rings. The van der Waals surface area contributed by atoms with Crippen LogP contribution in [0.25, 0.3) is 0 Å². The van der Waals surface area contributed by atoms with Gasteiger partial charge in [0.1, 0.15) is 11.1 Å². The van der Waals surface area contributed by atoms with E-state index in [2.05, 4.69) is 5.32 Å². The molecular formula is C14H23NO4. The average molecular weight is 269 g/mol. The van der Waals surface area contributed by atoms with E-state index < -0.39 is 17.1 Å². The van der Waals surface area contributed by atoms with Crippen molar-refractivity contribution in [1.29, 1.82) is 0 Å². The van der Waals surface area contributed by atoms with Crippen LogP contribution in [0.15, 0.2) is 12.2 Å². The van der Waals surface area contributed by atoms with Crippen molar-refractivity contribution in [2.75, 3.05) is 13.2 Å². The molecular weight excluding hydrogens is 246 g/mol. The molecule has 0 spiro atoms. The molecule has 0 aromatic heterocycles. The normalized spacial score (nSPS) is 23.6. The van der Waals surface area contributed by atoms with Crippen molar-refractivity contribution in [2.45, 2.75) is 51.7 Å². The van der Waals surface area contributed by atoms with Gasteiger partial charge in [0.15, 0.2) is 0 Å². The summed E-state index contributed by atoms with van der Waals surface area (Å²) in [5, 5.41) is 3.12. The standard InChI is InChI=1S/C14H23NO4/c1-5-18-11(16)7-9-14(8-6-10-15-14)12(17)19-13(2,3)4/h7,9,15H,5-6,8,10H2,1-4H3/t14-/m0/s1. The Morgan fingerprint density at radius 3 is 2.53 bits per heavy atom. The Balaban J connectivity index is 2.80. The number of hydrogen-bond acceptors (Lipinski definition) is 5. The maximum absolute atomic E-state index is 12.3. The van der Waals surface area contributed by atoms with Gasteiger partial charge in [0.25, 0.3) is 0 Å². The predicted octanol–water partition coefficient (Wildman–Crippen LogP) is 1.57. The number of rotatable bonds is 4. The molecule has 1 saturated heterocycles. The maximum Gasteiger partial charge on any atom is 0.330 e. The molecule has 0 saturated carbocycles. The lowest BCUT2D eigenvalue weighted by Crippen LogP contribution is -2.49. The molecule has 0 radical (unpaired) electrons. The Morgan fingerprint density at radius 1 is 1.37 bits per heavy atom. The van der Waals surface area contributed by atoms with E-state index in [1.54, 1.807) is 13.0 Å². The molecule has 1 N–H and O–H groups in total. The number of carbonyl (C=O) groups is 2. The predicted molar refractivity (Wildman–Crippen MR) is 71.6 cm³/mol. The number of ether oxygens (including phenoxy) is 2. The minimum absolute atomic E-state index is 0.316. The van der Waals surface area contributed by atoms with Gasteiger partial charge in [0.05, 0.1) is 6.61 Å². The van der Waals surface area contributed by atoms with Crippen molar-refractivity contribution in [3.8, 4) is 0 Å². The van der Waals surface area contributed by atoms with E-state index in [1.807, 2.05) is 20.8 Å². The van der Waals surface area contributed by atoms with Crippen LogP contribution >= 0.6 is 0 Å². The molecule has 0 unspecified atom stereocenters. The zero-order valence-electron chi connectivity index (χ0n) is 12.1. The van der Waals surface area contributed by atoms with Gasteiger partial charge in [-0.25, -0.2) is 9.59 Å². The summed E-state index contributed by atoms with van der Waals surface area (Å²) in [5.41, 5.74) is -1.45. The van der Waals surface area contributed by atoms with E-state index in [4.69, 9.17) is 9.47 Å². The van der Waals surface area contributed by atoms with E-state index >= 15 is 0 Å². The van der Waals surface area contributed by atoms with Gasteiger partial charge in [0, 0.05) is 6.08 Å². The van der Waals surface area contributed by atoms with Crippen molar-refractivity contribution < 1.29 is 19.1 Å². The Kier molecular flexibility index (Phi) is 5.11. The summed E-state index contributed by atoms with van der Waals surface area (Å²) in [6.07, 6.45) is 4.35. The quantitative estimate of drug-likeness (QED) is 0.620. The van der Waals surface area contributed by atoms with Crippen molar-refractivity contribution in [2.24, 2.45) is 0 Å². The molecule has 19 heavy (non-hydrogen) atoms. The third kappa shape index (κ3) is 4.67. The molecule has 1 aliphatic heterocycles. The fraction of sp³-hybridized carbons (Fsp3) is 0.714. The summed E-state index contributed by atoms with van der Waals surface area (Å²) < 4.78 is 10.2. The number of hydrogen-bond donors (Lipinski definition) is 1. The van der Waals surface area contributed by atoms with Gasteiger partial charge < -0.3 is 9.47 Å². The fourth-order valence-corrected chi connectivity index (χ4v) is 1.92. The highest BCUT2D eigenvalue weighted by Crippen LogP contribution is 2.25. The number of carbonyl (C=O) groups excluding carboxylic acids is 2. The Morgan fingerprint density at radius 2 is 2.05 bits per heavy atom. The highest BCUT2D eigenvalue weighted by Gasteiger charge is 2.41. The van der Waals surface area contributed by atoms with Gasteiger partial charge >= 0.3 is 11.9 Å². The molecule has 0 bridgehead atoms. The minimum Gasteiger partial charge on any atom is -0.463 e. The van der Waals surface area contributed by atoms with E-state index in [0.29, 0.717) is 13.0 Å². The van der Waals surface area contributed by atoms with Gasteiger partial charge in [-0.15, -0.1) is 0 Å². The van der Waals surface area contributed by atoms with Gasteiger partial charge in [-0.2, -0.15) is 0 Å². The average Bonchev–Trinajstić information content (AvgIpc) is 2.74. The van der Waals surface area contributed by atoms with Crippen molar-refractivity contribution in [3.05, 3.63) is 12.2 Å². The molecule has 5 heteroatoms. The molecule has 0 aliphatic carbocycles. The van der Waals surface area contributed by atoms with Crippen molar-refractivity contribution in [3.63, 3.8) is 0 Å². The first-order valence-corrected chi connectivity index (χ1v) is 6.63. The summed E-state index contributed by atoms with van der Waals surface area (Å²) >= 11 is 0. The van der Waals surface area contributed by atoms with Crippen molar-refractivity contribution >= 4 is 11.9 Å². The molecule has 1 atom stereocenters. The zero-order chi connectivity index (χ0) is 14.5. The topological polar surface area (TPSA) is 64.6 Å².